The molecule has 98 valence electrons. The second-order valence-electron chi connectivity index (χ2n) is 3.70. The van der Waals surface area contributed by atoms with E-state index in [9.17, 15) is 4.79 Å². The molecule has 0 bridgehead atoms. The summed E-state index contributed by atoms with van der Waals surface area (Å²) in [5.74, 6) is 0.868. The van der Waals surface area contributed by atoms with Gasteiger partial charge in [0.15, 0.2) is 5.16 Å². The molecule has 0 fully saturated rings. The third-order valence-electron chi connectivity index (χ3n) is 2.42. The highest BCUT2D eigenvalue weighted by Crippen LogP contribution is 2.23. The molecule has 19 heavy (non-hydrogen) atoms. The fourth-order valence-corrected chi connectivity index (χ4v) is 2.81. The Morgan fingerprint density at radius 2 is 2.42 bits per heavy atom. The van der Waals surface area contributed by atoms with Crippen LogP contribution in [0.2, 0.25) is 0 Å². The van der Waals surface area contributed by atoms with Crippen LogP contribution in [0.3, 0.4) is 0 Å². The number of carbonyl (C=O) groups excluding carboxylic acids is 1. The zero-order valence-electron chi connectivity index (χ0n) is 10.4. The first-order chi connectivity index (χ1) is 9.11. The summed E-state index contributed by atoms with van der Waals surface area (Å²) in [6, 6.07) is 3.71. The van der Waals surface area contributed by atoms with Crippen LogP contribution < -0.4 is 5.32 Å². The average molecular weight is 293 g/mol. The van der Waals surface area contributed by atoms with Gasteiger partial charge in [0.25, 0.3) is 0 Å². The maximum absolute atomic E-state index is 11.8. The van der Waals surface area contributed by atoms with Crippen molar-refractivity contribution in [2.45, 2.75) is 12.1 Å². The quantitative estimate of drug-likeness (QED) is 0.869. The van der Waals surface area contributed by atoms with Crippen LogP contribution in [0.25, 0.3) is 0 Å². The normalized spacial score (nSPS) is 10.2. The van der Waals surface area contributed by atoms with E-state index < -0.39 is 0 Å². The van der Waals surface area contributed by atoms with Crippen molar-refractivity contribution in [1.29, 1.82) is 5.26 Å². The third-order valence-corrected chi connectivity index (χ3v) is 4.27. The lowest BCUT2D eigenvalue weighted by Crippen LogP contribution is -2.14. The Morgan fingerprint density at radius 1 is 1.63 bits per heavy atom. The average Bonchev–Trinajstić information content (AvgIpc) is 2.96. The van der Waals surface area contributed by atoms with E-state index in [2.05, 4.69) is 15.5 Å². The molecule has 0 aliphatic rings. The number of hydrogen-bond acceptors (Lipinski definition) is 6. The van der Waals surface area contributed by atoms with Gasteiger partial charge in [0.1, 0.15) is 16.9 Å². The predicted octanol–water partition coefficient (Wildman–Crippen LogP) is 1.79. The van der Waals surface area contributed by atoms with Crippen LogP contribution in [-0.4, -0.2) is 26.4 Å². The molecule has 2 rings (SSSR count). The number of aromatic nitrogens is 3. The van der Waals surface area contributed by atoms with Crippen LogP contribution in [0.5, 0.6) is 0 Å². The Kier molecular flexibility index (Phi) is 4.19. The molecule has 2 aromatic rings. The Bertz CT molecular complexity index is 640. The van der Waals surface area contributed by atoms with Crippen molar-refractivity contribution in [2.24, 2.45) is 7.05 Å². The lowest BCUT2D eigenvalue weighted by molar-refractivity contribution is -0.113. The van der Waals surface area contributed by atoms with Crippen molar-refractivity contribution in [2.75, 3.05) is 11.1 Å². The Morgan fingerprint density at radius 3 is 3.05 bits per heavy atom. The zero-order valence-corrected chi connectivity index (χ0v) is 12.0. The van der Waals surface area contributed by atoms with Gasteiger partial charge >= 0.3 is 0 Å². The molecule has 2 aromatic heterocycles. The molecule has 1 amide bonds. The van der Waals surface area contributed by atoms with Gasteiger partial charge < -0.3 is 9.88 Å². The molecule has 0 atom stereocenters. The smallest absolute Gasteiger partial charge is 0.235 e. The van der Waals surface area contributed by atoms with Gasteiger partial charge in [-0.25, -0.2) is 0 Å². The summed E-state index contributed by atoms with van der Waals surface area (Å²) in [7, 11) is 1.85. The molecule has 8 heteroatoms. The summed E-state index contributed by atoms with van der Waals surface area (Å²) in [4.78, 5) is 11.8. The van der Waals surface area contributed by atoms with Crippen molar-refractivity contribution < 1.29 is 4.79 Å². The van der Waals surface area contributed by atoms with Crippen LogP contribution in [0, 0.1) is 18.3 Å². The van der Waals surface area contributed by atoms with Gasteiger partial charge in [-0.3, -0.25) is 4.79 Å². The number of amides is 1. The van der Waals surface area contributed by atoms with Gasteiger partial charge in [0.2, 0.25) is 5.91 Å². The van der Waals surface area contributed by atoms with E-state index in [4.69, 9.17) is 5.26 Å². The summed E-state index contributed by atoms with van der Waals surface area (Å²) in [5.41, 5.74) is 0.484. The molecule has 0 unspecified atom stereocenters. The first kappa shape index (κ1) is 13.6. The highest BCUT2D eigenvalue weighted by Gasteiger charge is 2.11. The number of hydrogen-bond donors (Lipinski definition) is 1. The third kappa shape index (κ3) is 3.13. The molecular formula is C11H11N5OS2. The van der Waals surface area contributed by atoms with Crippen molar-refractivity contribution in [3.8, 4) is 6.07 Å². The van der Waals surface area contributed by atoms with Crippen molar-refractivity contribution in [1.82, 2.24) is 14.8 Å². The molecule has 0 saturated carbocycles. The van der Waals surface area contributed by atoms with E-state index in [1.165, 1.54) is 23.1 Å². The van der Waals surface area contributed by atoms with Crippen LogP contribution in [-0.2, 0) is 11.8 Å². The Hall–Kier alpha value is -1.85. The number of thioether (sulfide) groups is 1. The minimum Gasteiger partial charge on any atom is -0.316 e. The monoisotopic (exact) mass is 293 g/mol. The van der Waals surface area contributed by atoms with Crippen LogP contribution in [0.4, 0.5) is 5.00 Å². The molecule has 0 saturated heterocycles. The van der Waals surface area contributed by atoms with E-state index in [0.717, 1.165) is 5.82 Å². The van der Waals surface area contributed by atoms with Gasteiger partial charge in [0, 0.05) is 7.05 Å². The molecule has 6 nitrogen and oxygen atoms in total. The SMILES string of the molecule is Cc1nnc(SCC(=O)Nc2sccc2C#N)n1C. The maximum atomic E-state index is 11.8. The fraction of sp³-hybridized carbons (Fsp3) is 0.273. The first-order valence-electron chi connectivity index (χ1n) is 5.38. The minimum absolute atomic E-state index is 0.162. The lowest BCUT2D eigenvalue weighted by atomic mass is 10.3. The van der Waals surface area contributed by atoms with Crippen molar-refractivity contribution in [3.05, 3.63) is 22.8 Å². The summed E-state index contributed by atoms with van der Waals surface area (Å²) < 4.78 is 1.82. The number of anilines is 1. The van der Waals surface area contributed by atoms with Crippen LogP contribution >= 0.6 is 23.1 Å². The number of rotatable bonds is 4. The molecule has 0 aliphatic heterocycles. The van der Waals surface area contributed by atoms with Crippen LogP contribution in [0.1, 0.15) is 11.4 Å². The summed E-state index contributed by atoms with van der Waals surface area (Å²) in [6.07, 6.45) is 0. The van der Waals surface area contributed by atoms with E-state index in [0.29, 0.717) is 15.7 Å². The molecule has 0 aliphatic carbocycles. The van der Waals surface area contributed by atoms with Gasteiger partial charge in [-0.1, -0.05) is 11.8 Å². The Balaban J connectivity index is 1.92. The standard InChI is InChI=1S/C11H11N5OS2/c1-7-14-15-11(16(7)2)19-6-9(17)13-10-8(5-12)3-4-18-10/h3-4H,6H2,1-2H3,(H,13,17). The number of aryl methyl sites for hydroxylation is 1. The van der Waals surface area contributed by atoms with E-state index >= 15 is 0 Å². The molecule has 2 heterocycles. The van der Waals surface area contributed by atoms with E-state index in [1.54, 1.807) is 11.4 Å². The van der Waals surface area contributed by atoms with E-state index in [-0.39, 0.29) is 11.7 Å². The largest absolute Gasteiger partial charge is 0.316 e. The van der Waals surface area contributed by atoms with Gasteiger partial charge in [-0.15, -0.1) is 21.5 Å². The second-order valence-corrected chi connectivity index (χ2v) is 5.56. The number of nitriles is 1. The summed E-state index contributed by atoms with van der Waals surface area (Å²) in [5, 5.41) is 22.5. The van der Waals surface area contributed by atoms with Crippen molar-refractivity contribution >= 4 is 34.0 Å². The fourth-order valence-electron chi connectivity index (χ4n) is 1.30. The second kappa shape index (κ2) is 5.86. The van der Waals surface area contributed by atoms with Crippen molar-refractivity contribution in [3.63, 3.8) is 0 Å². The van der Waals surface area contributed by atoms with Gasteiger partial charge in [0.05, 0.1) is 11.3 Å². The minimum atomic E-state index is -0.162. The van der Waals surface area contributed by atoms with Crippen LogP contribution in [0.15, 0.2) is 16.6 Å². The molecule has 0 aromatic carbocycles. The predicted molar refractivity (Wildman–Crippen MR) is 74.1 cm³/mol. The molecule has 0 spiro atoms. The maximum Gasteiger partial charge on any atom is 0.235 e. The number of nitrogens with zero attached hydrogens (tertiary/aromatic N) is 4. The zero-order chi connectivity index (χ0) is 13.8. The Labute approximate surface area is 118 Å². The molecule has 0 radical (unpaired) electrons. The molecular weight excluding hydrogens is 282 g/mol. The number of nitrogens with one attached hydrogen (secondary N) is 1. The summed E-state index contributed by atoms with van der Waals surface area (Å²) in [6.45, 7) is 1.85. The molecule has 1 N–H and O–H groups in total. The van der Waals surface area contributed by atoms with E-state index in [1.807, 2.05) is 24.6 Å². The number of carbonyl (C=O) groups is 1. The number of thiophene rings is 1. The highest BCUT2D eigenvalue weighted by atomic mass is 32.2. The van der Waals surface area contributed by atoms with Gasteiger partial charge in [-0.2, -0.15) is 5.26 Å². The highest BCUT2D eigenvalue weighted by molar-refractivity contribution is 7.99. The van der Waals surface area contributed by atoms with Gasteiger partial charge in [-0.05, 0) is 18.4 Å². The topological polar surface area (TPSA) is 83.6 Å². The lowest BCUT2D eigenvalue weighted by Gasteiger charge is -2.03. The first-order valence-corrected chi connectivity index (χ1v) is 7.24. The summed E-state index contributed by atoms with van der Waals surface area (Å²) >= 11 is 2.64.